The molecule has 2 aliphatic rings. The Kier molecular flexibility index (Phi) is 7.75. The van der Waals surface area contributed by atoms with E-state index in [0.717, 1.165) is 10.7 Å². The number of piperidine rings is 1. The molecule has 0 unspecified atom stereocenters. The van der Waals surface area contributed by atoms with Crippen molar-refractivity contribution in [1.29, 1.82) is 0 Å². The lowest BCUT2D eigenvalue weighted by atomic mass is 10.1. The van der Waals surface area contributed by atoms with Gasteiger partial charge in [0.05, 0.1) is 22.3 Å². The van der Waals surface area contributed by atoms with Crippen molar-refractivity contribution in [3.63, 3.8) is 0 Å². The number of nitrogens with zero attached hydrogens (tertiary/aromatic N) is 2. The molecule has 1 saturated heterocycles. The fourth-order valence-corrected chi connectivity index (χ4v) is 6.37. The first-order valence-electron chi connectivity index (χ1n) is 12.5. The number of aliphatic carboxylic acids is 1. The third-order valence-corrected chi connectivity index (χ3v) is 9.02. The smallest absolute Gasteiger partial charge is 0.350 e. The van der Waals surface area contributed by atoms with Crippen LogP contribution in [0.2, 0.25) is 10.0 Å². The number of carbonyl (C=O) groups excluding carboxylic acids is 2. The van der Waals surface area contributed by atoms with Gasteiger partial charge in [0.25, 0.3) is 5.91 Å². The summed E-state index contributed by atoms with van der Waals surface area (Å²) in [4.78, 5) is 46.7. The predicted octanol–water partition coefficient (Wildman–Crippen LogP) is 4.22. The minimum absolute atomic E-state index is 0.0391. The van der Waals surface area contributed by atoms with E-state index >= 15 is 0 Å². The maximum atomic E-state index is 12.7. The van der Waals surface area contributed by atoms with Gasteiger partial charge >= 0.3 is 11.9 Å². The molecule has 0 bridgehead atoms. The second-order valence-corrected chi connectivity index (χ2v) is 11.3. The highest BCUT2D eigenvalue weighted by atomic mass is 35.5. The van der Waals surface area contributed by atoms with Crippen molar-refractivity contribution < 1.29 is 24.2 Å². The van der Waals surface area contributed by atoms with E-state index in [-0.39, 0.29) is 47.7 Å². The van der Waals surface area contributed by atoms with Gasteiger partial charge in [0.2, 0.25) is 0 Å². The van der Waals surface area contributed by atoms with Gasteiger partial charge in [-0.05, 0) is 31.5 Å². The number of thiazole rings is 1. The molecule has 4 N–H and O–H groups in total. The fraction of sp³-hybridized carbons (Fsp3) is 0.385. The Hall–Kier alpha value is -3.28. The third-order valence-electron chi connectivity index (χ3n) is 6.93. The molecule has 0 spiro atoms. The summed E-state index contributed by atoms with van der Waals surface area (Å²) in [6, 6.07) is 7.41. The van der Waals surface area contributed by atoms with Crippen LogP contribution in [0, 0.1) is 18.8 Å². The number of ether oxygens (including phenoxy) is 1. The lowest BCUT2D eigenvalue weighted by Crippen LogP contribution is -2.34. The molecule has 39 heavy (non-hydrogen) atoms. The quantitative estimate of drug-likeness (QED) is 0.257. The molecular weight excluding hydrogens is 565 g/mol. The van der Waals surface area contributed by atoms with E-state index in [1.807, 2.05) is 18.2 Å². The van der Waals surface area contributed by atoms with Crippen LogP contribution in [0.3, 0.4) is 0 Å². The number of benzene rings is 1. The van der Waals surface area contributed by atoms with Crippen molar-refractivity contribution >= 4 is 63.2 Å². The number of esters is 1. The molecule has 1 aliphatic carbocycles. The maximum absolute atomic E-state index is 12.7. The van der Waals surface area contributed by atoms with Crippen LogP contribution in [0.4, 0.5) is 10.8 Å². The van der Waals surface area contributed by atoms with E-state index in [0.29, 0.717) is 46.5 Å². The van der Waals surface area contributed by atoms with Gasteiger partial charge in [-0.3, -0.25) is 9.59 Å². The van der Waals surface area contributed by atoms with Gasteiger partial charge in [0, 0.05) is 48.8 Å². The largest absolute Gasteiger partial charge is 0.480 e. The van der Waals surface area contributed by atoms with Crippen LogP contribution < -0.4 is 15.5 Å². The second-order valence-electron chi connectivity index (χ2n) is 9.60. The number of carboxylic acids is 1. The zero-order valence-corrected chi connectivity index (χ0v) is 23.5. The average molecular weight is 593 g/mol. The molecule has 1 amide bonds. The standard InChI is InChI=1S/C26H27Cl2N5O5S/c1-3-38-25(37)23-17(8-13-5-4-6-14(7-13)29-9-18(34)35)31-26(39-23)33-10-15-16(11-33)21(15)32-24(36)22-20(28)19(27)12(2)30-22/h4-7,15-16,21,29-30H,3,8-11H2,1-2H3,(H,32,36)(H,34,35)/t15-,16+,21+. The second kappa shape index (κ2) is 11.1. The summed E-state index contributed by atoms with van der Waals surface area (Å²) in [6.07, 6.45) is 0.394. The van der Waals surface area contributed by atoms with Crippen LogP contribution in [0.5, 0.6) is 0 Å². The highest BCUT2D eigenvalue weighted by Crippen LogP contribution is 2.48. The first kappa shape index (κ1) is 27.3. The SMILES string of the molecule is CCOC(=O)c1sc(N2C[C@@H]3[C@H](C2)[C@H]3NC(=O)c2[nH]c(C)c(Cl)c2Cl)nc1Cc1cccc(NCC(=O)O)c1. The Morgan fingerprint density at radius 2 is 1.97 bits per heavy atom. The number of rotatable bonds is 10. The van der Waals surface area contributed by atoms with Crippen LogP contribution in [-0.2, 0) is 16.0 Å². The molecule has 5 rings (SSSR count). The molecule has 1 saturated carbocycles. The Bertz CT molecular complexity index is 1430. The molecule has 2 aromatic heterocycles. The molecule has 3 atom stereocenters. The highest BCUT2D eigenvalue weighted by Gasteiger charge is 2.57. The summed E-state index contributed by atoms with van der Waals surface area (Å²) < 4.78 is 5.29. The number of aryl methyl sites for hydroxylation is 1. The monoisotopic (exact) mass is 591 g/mol. The van der Waals surface area contributed by atoms with Crippen molar-refractivity contribution in [2.24, 2.45) is 11.8 Å². The number of aromatic nitrogens is 2. The van der Waals surface area contributed by atoms with E-state index in [4.69, 9.17) is 38.0 Å². The number of carboxylic acid groups (broad SMARTS) is 1. The molecule has 1 aromatic carbocycles. The van der Waals surface area contributed by atoms with E-state index in [1.165, 1.54) is 11.3 Å². The zero-order chi connectivity index (χ0) is 27.8. The number of hydrogen-bond donors (Lipinski definition) is 4. The van der Waals surface area contributed by atoms with Crippen molar-refractivity contribution in [3.8, 4) is 0 Å². The minimum atomic E-state index is -0.952. The summed E-state index contributed by atoms with van der Waals surface area (Å²) in [5, 5.41) is 16.2. The number of amides is 1. The van der Waals surface area contributed by atoms with E-state index in [2.05, 4.69) is 20.5 Å². The van der Waals surface area contributed by atoms with E-state index in [9.17, 15) is 14.4 Å². The van der Waals surface area contributed by atoms with Gasteiger partial charge in [0.15, 0.2) is 5.13 Å². The average Bonchev–Trinajstić information content (AvgIpc) is 3.26. The lowest BCUT2D eigenvalue weighted by Gasteiger charge is -2.19. The van der Waals surface area contributed by atoms with Crippen LogP contribution in [0.15, 0.2) is 24.3 Å². The van der Waals surface area contributed by atoms with E-state index in [1.54, 1.807) is 19.9 Å². The Balaban J connectivity index is 1.26. The summed E-state index contributed by atoms with van der Waals surface area (Å²) in [7, 11) is 0. The van der Waals surface area contributed by atoms with Gasteiger partial charge < -0.3 is 30.4 Å². The number of fused-ring (bicyclic) bond motifs is 1. The summed E-state index contributed by atoms with van der Waals surface area (Å²) in [6.45, 7) is 4.99. The molecule has 2 fully saturated rings. The topological polar surface area (TPSA) is 137 Å². The van der Waals surface area contributed by atoms with Crippen molar-refractivity contribution in [2.75, 3.05) is 36.5 Å². The van der Waals surface area contributed by atoms with Crippen molar-refractivity contribution in [3.05, 3.63) is 61.8 Å². The minimum Gasteiger partial charge on any atom is -0.480 e. The Labute approximate surface area is 238 Å². The van der Waals surface area contributed by atoms with Gasteiger partial charge in [-0.2, -0.15) is 0 Å². The van der Waals surface area contributed by atoms with Crippen molar-refractivity contribution in [2.45, 2.75) is 26.3 Å². The number of hydrogen-bond acceptors (Lipinski definition) is 8. The fourth-order valence-electron chi connectivity index (χ4n) is 4.96. The number of halogens is 2. The maximum Gasteiger partial charge on any atom is 0.350 e. The van der Waals surface area contributed by atoms with Gasteiger partial charge in [-0.25, -0.2) is 9.78 Å². The number of nitrogens with one attached hydrogen (secondary N) is 3. The molecule has 10 nitrogen and oxygen atoms in total. The number of H-pyrrole nitrogens is 1. The predicted molar refractivity (Wildman–Crippen MR) is 149 cm³/mol. The van der Waals surface area contributed by atoms with Gasteiger partial charge in [-0.1, -0.05) is 46.7 Å². The Morgan fingerprint density at radius 1 is 1.23 bits per heavy atom. The molecule has 206 valence electrons. The molecule has 3 aromatic rings. The third kappa shape index (κ3) is 5.70. The Morgan fingerprint density at radius 3 is 2.62 bits per heavy atom. The highest BCUT2D eigenvalue weighted by molar-refractivity contribution is 7.17. The van der Waals surface area contributed by atoms with Crippen LogP contribution >= 0.6 is 34.5 Å². The first-order valence-corrected chi connectivity index (χ1v) is 14.0. The van der Waals surface area contributed by atoms with Crippen LogP contribution in [-0.4, -0.2) is 65.2 Å². The number of aromatic amines is 1. The first-order chi connectivity index (χ1) is 18.7. The molecule has 1 aliphatic heterocycles. The lowest BCUT2D eigenvalue weighted by molar-refractivity contribution is -0.134. The van der Waals surface area contributed by atoms with Crippen LogP contribution in [0.1, 0.15) is 44.0 Å². The van der Waals surface area contributed by atoms with Crippen molar-refractivity contribution in [1.82, 2.24) is 15.3 Å². The normalized spacial score (nSPS) is 19.5. The number of carbonyl (C=O) groups is 3. The molecule has 3 heterocycles. The molecular formula is C26H27Cl2N5O5S. The summed E-state index contributed by atoms with van der Waals surface area (Å²) in [5.74, 6) is -1.10. The van der Waals surface area contributed by atoms with E-state index < -0.39 is 11.9 Å². The zero-order valence-electron chi connectivity index (χ0n) is 21.2. The van der Waals surface area contributed by atoms with Gasteiger partial charge in [0.1, 0.15) is 17.1 Å². The molecule has 0 radical (unpaired) electrons. The summed E-state index contributed by atoms with van der Waals surface area (Å²) in [5.41, 5.74) is 3.09. The summed E-state index contributed by atoms with van der Waals surface area (Å²) >= 11 is 13.6. The van der Waals surface area contributed by atoms with Crippen LogP contribution in [0.25, 0.3) is 0 Å². The number of anilines is 2. The van der Waals surface area contributed by atoms with Gasteiger partial charge in [-0.15, -0.1) is 0 Å². The molecule has 13 heteroatoms.